The van der Waals surface area contributed by atoms with Crippen molar-refractivity contribution in [2.24, 2.45) is 0 Å². The highest BCUT2D eigenvalue weighted by Gasteiger charge is 2.26. The fourth-order valence-corrected chi connectivity index (χ4v) is 4.57. The molecule has 0 bridgehead atoms. The predicted molar refractivity (Wildman–Crippen MR) is 102 cm³/mol. The molecule has 0 atom stereocenters. The molecule has 3 rings (SSSR count). The largest absolute Gasteiger partial charge is 0.344 e. The third-order valence-corrected chi connectivity index (χ3v) is 6.40. The summed E-state index contributed by atoms with van der Waals surface area (Å²) < 4.78 is 30.9. The van der Waals surface area contributed by atoms with Crippen LogP contribution in [0.25, 0.3) is 6.08 Å². The monoisotopic (exact) mass is 378 g/mol. The average Bonchev–Trinajstić information content (AvgIpc) is 3.12. The number of benzene rings is 1. The molecule has 2 heterocycles. The maximum absolute atomic E-state index is 12.5. The van der Waals surface area contributed by atoms with Crippen molar-refractivity contribution in [2.75, 3.05) is 31.1 Å². The van der Waals surface area contributed by atoms with Gasteiger partial charge in [0.1, 0.15) is 5.82 Å². The second kappa shape index (κ2) is 7.63. The molecule has 1 aromatic heterocycles. The van der Waals surface area contributed by atoms with Crippen LogP contribution in [0, 0.1) is 0 Å². The Bertz CT molecular complexity index is 823. The van der Waals surface area contributed by atoms with Gasteiger partial charge in [-0.15, -0.1) is 0 Å². The molecular formula is C17H22N4O2S2. The highest BCUT2D eigenvalue weighted by molar-refractivity contribution is 7.92. The number of hydrogen-bond acceptors (Lipinski definition) is 6. The van der Waals surface area contributed by atoms with Gasteiger partial charge in [0.25, 0.3) is 0 Å². The van der Waals surface area contributed by atoms with E-state index in [4.69, 9.17) is 0 Å². The summed E-state index contributed by atoms with van der Waals surface area (Å²) in [7, 11) is -3.40. The van der Waals surface area contributed by atoms with E-state index in [0.717, 1.165) is 16.5 Å². The van der Waals surface area contributed by atoms with Gasteiger partial charge < -0.3 is 4.90 Å². The van der Waals surface area contributed by atoms with Crippen molar-refractivity contribution in [3.8, 4) is 0 Å². The lowest BCUT2D eigenvalue weighted by atomic mass is 10.2. The molecule has 1 saturated heterocycles. The Hall–Kier alpha value is -1.77. The molecule has 0 aliphatic carbocycles. The van der Waals surface area contributed by atoms with Crippen molar-refractivity contribution in [3.63, 3.8) is 0 Å². The quantitative estimate of drug-likeness (QED) is 0.800. The Balaban J connectivity index is 1.62. The van der Waals surface area contributed by atoms with Crippen LogP contribution in [0.2, 0.25) is 0 Å². The Morgan fingerprint density at radius 2 is 1.80 bits per heavy atom. The molecule has 0 N–H and O–H groups in total. The van der Waals surface area contributed by atoms with Crippen molar-refractivity contribution in [3.05, 3.63) is 47.1 Å². The number of hydrogen-bond donors (Lipinski definition) is 0. The van der Waals surface area contributed by atoms with E-state index >= 15 is 0 Å². The molecule has 0 unspecified atom stereocenters. The minimum atomic E-state index is -3.40. The van der Waals surface area contributed by atoms with E-state index in [1.165, 1.54) is 21.2 Å². The lowest BCUT2D eigenvalue weighted by Crippen LogP contribution is -2.48. The lowest BCUT2D eigenvalue weighted by Gasteiger charge is -2.32. The van der Waals surface area contributed by atoms with Crippen LogP contribution in [0.3, 0.4) is 0 Å². The maximum atomic E-state index is 12.5. The minimum Gasteiger partial charge on any atom is -0.344 e. The van der Waals surface area contributed by atoms with Crippen molar-refractivity contribution < 1.29 is 8.42 Å². The third kappa shape index (κ3) is 4.45. The summed E-state index contributed by atoms with van der Waals surface area (Å²) in [5.74, 6) is 1.15. The van der Waals surface area contributed by atoms with Gasteiger partial charge in [0, 0.05) is 49.0 Å². The summed E-state index contributed by atoms with van der Waals surface area (Å²) in [6, 6.07) is 9.44. The van der Waals surface area contributed by atoms with Gasteiger partial charge in [0.15, 0.2) is 0 Å². The first-order valence-corrected chi connectivity index (χ1v) is 10.6. The van der Waals surface area contributed by atoms with Crippen LogP contribution >= 0.6 is 11.5 Å². The van der Waals surface area contributed by atoms with Gasteiger partial charge in [0.05, 0.1) is 0 Å². The van der Waals surface area contributed by atoms with Crippen LogP contribution in [-0.4, -0.2) is 48.3 Å². The molecule has 6 nitrogen and oxygen atoms in total. The van der Waals surface area contributed by atoms with Gasteiger partial charge in [-0.05, 0) is 11.6 Å². The van der Waals surface area contributed by atoms with E-state index in [1.54, 1.807) is 6.08 Å². The van der Waals surface area contributed by atoms with E-state index in [2.05, 4.69) is 28.1 Å². The molecule has 0 saturated carbocycles. The van der Waals surface area contributed by atoms with Gasteiger partial charge in [-0.2, -0.15) is 8.68 Å². The molecule has 0 amide bonds. The normalized spacial score (nSPS) is 16.8. The number of aromatic nitrogens is 2. The fourth-order valence-electron chi connectivity index (χ4n) is 2.54. The predicted octanol–water partition coefficient (Wildman–Crippen LogP) is 2.78. The third-order valence-electron chi connectivity index (χ3n) is 4.05. The van der Waals surface area contributed by atoms with Crippen LogP contribution < -0.4 is 4.90 Å². The molecular weight excluding hydrogens is 356 g/mol. The van der Waals surface area contributed by atoms with Crippen molar-refractivity contribution in [2.45, 2.75) is 19.8 Å². The Morgan fingerprint density at radius 3 is 2.40 bits per heavy atom. The second-order valence-corrected chi connectivity index (χ2v) is 8.78. The van der Waals surface area contributed by atoms with Gasteiger partial charge >= 0.3 is 0 Å². The standard InChI is InChI=1S/C17H22N4O2S2/c1-14(2)16-18-17(24-19-16)20-9-11-21(12-10-20)25(22,23)13-8-15-6-4-3-5-7-15/h3-8,13-14H,9-12H2,1-2H3/b13-8+. The van der Waals surface area contributed by atoms with Crippen LogP contribution in [-0.2, 0) is 10.0 Å². The van der Waals surface area contributed by atoms with Crippen LogP contribution in [0.1, 0.15) is 31.2 Å². The minimum absolute atomic E-state index is 0.301. The summed E-state index contributed by atoms with van der Waals surface area (Å²) in [4.78, 5) is 6.66. The highest BCUT2D eigenvalue weighted by atomic mass is 32.2. The SMILES string of the molecule is CC(C)c1nsc(N2CCN(S(=O)(=O)/C=C/c3ccccc3)CC2)n1. The van der Waals surface area contributed by atoms with Crippen LogP contribution in [0.5, 0.6) is 0 Å². The van der Waals surface area contributed by atoms with E-state index in [-0.39, 0.29) is 0 Å². The molecule has 1 aliphatic rings. The van der Waals surface area contributed by atoms with E-state index in [1.807, 2.05) is 30.3 Å². The summed E-state index contributed by atoms with van der Waals surface area (Å²) in [6.07, 6.45) is 1.64. The second-order valence-electron chi connectivity index (χ2n) is 6.23. The van der Waals surface area contributed by atoms with E-state index in [0.29, 0.717) is 32.1 Å². The molecule has 25 heavy (non-hydrogen) atoms. The van der Waals surface area contributed by atoms with Crippen LogP contribution in [0.15, 0.2) is 35.7 Å². The average molecular weight is 379 g/mol. The number of rotatable bonds is 5. The van der Waals surface area contributed by atoms with E-state index < -0.39 is 10.0 Å². The zero-order valence-electron chi connectivity index (χ0n) is 14.4. The number of nitrogens with zero attached hydrogens (tertiary/aromatic N) is 4. The zero-order chi connectivity index (χ0) is 17.9. The van der Waals surface area contributed by atoms with Gasteiger partial charge in [-0.25, -0.2) is 13.4 Å². The van der Waals surface area contributed by atoms with E-state index in [9.17, 15) is 8.42 Å². The first-order chi connectivity index (χ1) is 12.0. The molecule has 1 aliphatic heterocycles. The first-order valence-electron chi connectivity index (χ1n) is 8.27. The Morgan fingerprint density at radius 1 is 1.12 bits per heavy atom. The van der Waals surface area contributed by atoms with Crippen molar-refractivity contribution in [1.29, 1.82) is 0 Å². The summed E-state index contributed by atoms with van der Waals surface area (Å²) in [5, 5.41) is 2.17. The maximum Gasteiger partial charge on any atom is 0.236 e. The molecule has 1 fully saturated rings. The summed E-state index contributed by atoms with van der Waals surface area (Å²) in [5.41, 5.74) is 0.875. The molecule has 2 aromatic rings. The highest BCUT2D eigenvalue weighted by Crippen LogP contribution is 2.23. The number of sulfonamides is 1. The molecule has 0 spiro atoms. The summed E-state index contributed by atoms with van der Waals surface area (Å²) in [6.45, 7) is 6.30. The lowest BCUT2D eigenvalue weighted by molar-refractivity contribution is 0.389. The van der Waals surface area contributed by atoms with Crippen molar-refractivity contribution in [1.82, 2.24) is 13.7 Å². The van der Waals surface area contributed by atoms with Crippen molar-refractivity contribution >= 4 is 32.8 Å². The fraction of sp³-hybridized carbons (Fsp3) is 0.412. The van der Waals surface area contributed by atoms with Gasteiger partial charge in [0.2, 0.25) is 15.2 Å². The van der Waals surface area contributed by atoms with Gasteiger partial charge in [-0.3, -0.25) is 0 Å². The molecule has 0 radical (unpaired) electrons. The smallest absolute Gasteiger partial charge is 0.236 e. The number of piperazine rings is 1. The Labute approximate surface area is 153 Å². The molecule has 1 aromatic carbocycles. The van der Waals surface area contributed by atoms with Crippen LogP contribution in [0.4, 0.5) is 5.13 Å². The van der Waals surface area contributed by atoms with Gasteiger partial charge in [-0.1, -0.05) is 44.2 Å². The zero-order valence-corrected chi connectivity index (χ0v) is 16.0. The topological polar surface area (TPSA) is 66.4 Å². The first kappa shape index (κ1) is 18.0. The Kier molecular flexibility index (Phi) is 5.51. The molecule has 8 heteroatoms. The number of anilines is 1. The molecule has 134 valence electrons. The summed E-state index contributed by atoms with van der Waals surface area (Å²) >= 11 is 1.38.